The number of aromatic nitrogens is 4. The van der Waals surface area contributed by atoms with E-state index in [1.165, 1.54) is 18.3 Å². The average molecular weight is 550 g/mol. The monoisotopic (exact) mass is 549 g/mol. The number of rotatable bonds is 8. The number of alkyl halides is 3. The summed E-state index contributed by atoms with van der Waals surface area (Å²) in [5.41, 5.74) is 0.644. The number of hydrogen-bond acceptors (Lipinski definition) is 5. The second-order valence-corrected chi connectivity index (χ2v) is 9.88. The maximum absolute atomic E-state index is 15.1. The predicted octanol–water partition coefficient (Wildman–Crippen LogP) is 5.05. The molecule has 1 fully saturated rings. The number of halogens is 5. The van der Waals surface area contributed by atoms with Gasteiger partial charge in [0.25, 0.3) is 0 Å². The van der Waals surface area contributed by atoms with E-state index < -0.39 is 34.9 Å². The molecule has 1 saturated carbocycles. The Morgan fingerprint density at radius 2 is 1.92 bits per heavy atom. The molecule has 7 nitrogen and oxygen atoms in total. The number of nitrogens with zero attached hydrogens (tertiary/aromatic N) is 4. The highest BCUT2D eigenvalue weighted by molar-refractivity contribution is 5.76. The predicted molar refractivity (Wildman–Crippen MR) is 133 cm³/mol. The van der Waals surface area contributed by atoms with Gasteiger partial charge in [0.15, 0.2) is 11.6 Å². The van der Waals surface area contributed by atoms with Crippen LogP contribution in [0.3, 0.4) is 0 Å². The van der Waals surface area contributed by atoms with Crippen molar-refractivity contribution in [2.45, 2.75) is 50.9 Å². The van der Waals surface area contributed by atoms with Gasteiger partial charge < -0.3 is 15.2 Å². The molecule has 0 unspecified atom stereocenters. The number of hydrogen-bond donors (Lipinski definition) is 2. The fourth-order valence-corrected chi connectivity index (χ4v) is 5.05. The van der Waals surface area contributed by atoms with Crippen LogP contribution in [0.4, 0.5) is 22.0 Å². The molecule has 3 aromatic heterocycles. The Labute approximate surface area is 221 Å². The first-order chi connectivity index (χ1) is 18.4. The normalized spacial score (nSPS) is 15.1. The number of fused-ring (bicyclic) bond motifs is 1. The Morgan fingerprint density at radius 3 is 2.56 bits per heavy atom. The van der Waals surface area contributed by atoms with Crippen LogP contribution in [0.2, 0.25) is 0 Å². The van der Waals surface area contributed by atoms with Gasteiger partial charge in [-0.05, 0) is 63.1 Å². The molecule has 0 amide bonds. The van der Waals surface area contributed by atoms with E-state index in [-0.39, 0.29) is 36.2 Å². The SMILES string of the molecule is CNCc1cnn2c(C(F)(F)F)cc(-c3ccc(F)c(F)c3OCCc3c(C4(O)CCC4)nn(C)c3C)cc12. The fraction of sp³-hybridized carbons (Fsp3) is 0.407. The van der Waals surface area contributed by atoms with Gasteiger partial charge in [-0.1, -0.05) is 0 Å². The van der Waals surface area contributed by atoms with E-state index in [1.54, 1.807) is 18.8 Å². The van der Waals surface area contributed by atoms with Gasteiger partial charge in [-0.2, -0.15) is 27.8 Å². The third-order valence-electron chi connectivity index (χ3n) is 7.40. The first kappa shape index (κ1) is 27.1. The van der Waals surface area contributed by atoms with E-state index in [2.05, 4.69) is 15.5 Å². The van der Waals surface area contributed by atoms with E-state index >= 15 is 4.39 Å². The van der Waals surface area contributed by atoms with Crippen LogP contribution in [0.1, 0.15) is 47.5 Å². The molecule has 1 aliphatic rings. The fourth-order valence-electron chi connectivity index (χ4n) is 5.05. The van der Waals surface area contributed by atoms with Crippen LogP contribution in [0, 0.1) is 18.6 Å². The quantitative estimate of drug-likeness (QED) is 0.301. The van der Waals surface area contributed by atoms with Gasteiger partial charge in [0.2, 0.25) is 5.82 Å². The lowest BCUT2D eigenvalue weighted by Gasteiger charge is -2.35. The van der Waals surface area contributed by atoms with Gasteiger partial charge >= 0.3 is 6.18 Å². The zero-order valence-electron chi connectivity index (χ0n) is 21.7. The molecule has 5 rings (SSSR count). The topological polar surface area (TPSA) is 76.6 Å². The molecule has 3 heterocycles. The molecule has 12 heteroatoms. The van der Waals surface area contributed by atoms with E-state index in [9.17, 15) is 22.7 Å². The minimum atomic E-state index is -4.76. The van der Waals surface area contributed by atoms with Crippen molar-refractivity contribution < 1.29 is 31.8 Å². The van der Waals surface area contributed by atoms with Crippen molar-refractivity contribution in [3.63, 3.8) is 0 Å². The second-order valence-electron chi connectivity index (χ2n) is 9.88. The molecule has 39 heavy (non-hydrogen) atoms. The highest BCUT2D eigenvalue weighted by Crippen LogP contribution is 2.43. The van der Waals surface area contributed by atoms with Crippen LogP contribution >= 0.6 is 0 Å². The summed E-state index contributed by atoms with van der Waals surface area (Å²) in [4.78, 5) is 0. The number of aliphatic hydroxyl groups is 1. The number of nitrogens with one attached hydrogen (secondary N) is 1. The van der Waals surface area contributed by atoms with Crippen molar-refractivity contribution in [1.29, 1.82) is 0 Å². The number of pyridine rings is 1. The Balaban J connectivity index is 1.53. The zero-order valence-corrected chi connectivity index (χ0v) is 21.7. The molecular weight excluding hydrogens is 521 g/mol. The van der Waals surface area contributed by atoms with Crippen molar-refractivity contribution in [1.82, 2.24) is 24.7 Å². The first-order valence-electron chi connectivity index (χ1n) is 12.5. The summed E-state index contributed by atoms with van der Waals surface area (Å²) < 4.78 is 79.5. The summed E-state index contributed by atoms with van der Waals surface area (Å²) in [5, 5.41) is 22.1. The molecule has 4 aromatic rings. The minimum absolute atomic E-state index is 0.00334. The van der Waals surface area contributed by atoms with Crippen LogP contribution in [-0.4, -0.2) is 38.2 Å². The van der Waals surface area contributed by atoms with Gasteiger partial charge in [-0.15, -0.1) is 0 Å². The molecule has 208 valence electrons. The summed E-state index contributed by atoms with van der Waals surface area (Å²) in [6, 6.07) is 4.35. The molecule has 1 aliphatic carbocycles. The van der Waals surface area contributed by atoms with Crippen molar-refractivity contribution >= 4 is 5.52 Å². The van der Waals surface area contributed by atoms with Crippen molar-refractivity contribution in [2.24, 2.45) is 7.05 Å². The Bertz CT molecular complexity index is 1540. The molecule has 0 radical (unpaired) electrons. The van der Waals surface area contributed by atoms with E-state index in [0.29, 0.717) is 24.1 Å². The van der Waals surface area contributed by atoms with Gasteiger partial charge in [-0.25, -0.2) is 8.91 Å². The van der Waals surface area contributed by atoms with Gasteiger partial charge in [0.05, 0.1) is 24.0 Å². The van der Waals surface area contributed by atoms with Crippen molar-refractivity contribution in [2.75, 3.05) is 13.7 Å². The average Bonchev–Trinajstić information content (AvgIpc) is 3.40. The van der Waals surface area contributed by atoms with E-state index in [4.69, 9.17) is 4.74 Å². The molecule has 0 spiro atoms. The Hall–Kier alpha value is -3.51. The molecule has 2 N–H and O–H groups in total. The van der Waals surface area contributed by atoms with Crippen LogP contribution in [0.25, 0.3) is 16.6 Å². The maximum Gasteiger partial charge on any atom is 0.433 e. The third kappa shape index (κ3) is 4.76. The zero-order chi connectivity index (χ0) is 28.1. The van der Waals surface area contributed by atoms with Gasteiger partial charge in [-0.3, -0.25) is 4.68 Å². The maximum atomic E-state index is 15.1. The lowest BCUT2D eigenvalue weighted by Crippen LogP contribution is -2.35. The van der Waals surface area contributed by atoms with Crippen LogP contribution in [0.5, 0.6) is 5.75 Å². The molecule has 0 bridgehead atoms. The molecule has 0 aliphatic heterocycles. The number of ether oxygens (including phenoxy) is 1. The minimum Gasteiger partial charge on any atom is -0.489 e. The van der Waals surface area contributed by atoms with Crippen LogP contribution < -0.4 is 10.1 Å². The van der Waals surface area contributed by atoms with Gasteiger partial charge in [0, 0.05) is 42.4 Å². The van der Waals surface area contributed by atoms with Gasteiger partial charge in [0.1, 0.15) is 11.3 Å². The third-order valence-corrected chi connectivity index (χ3v) is 7.40. The summed E-state index contributed by atoms with van der Waals surface area (Å²) >= 11 is 0. The second kappa shape index (κ2) is 9.91. The molecule has 1 aromatic carbocycles. The summed E-state index contributed by atoms with van der Waals surface area (Å²) in [7, 11) is 3.40. The summed E-state index contributed by atoms with van der Waals surface area (Å²) in [6.45, 7) is 1.98. The summed E-state index contributed by atoms with van der Waals surface area (Å²) in [5.74, 6) is -2.98. The van der Waals surface area contributed by atoms with Crippen LogP contribution in [-0.2, 0) is 31.8 Å². The molecule has 0 saturated heterocycles. The van der Waals surface area contributed by atoms with Crippen molar-refractivity contribution in [3.8, 4) is 16.9 Å². The Kier molecular flexibility index (Phi) is 6.88. The van der Waals surface area contributed by atoms with E-state index in [1.807, 2.05) is 6.92 Å². The van der Waals surface area contributed by atoms with Crippen molar-refractivity contribution in [3.05, 3.63) is 70.3 Å². The first-order valence-corrected chi connectivity index (χ1v) is 12.5. The number of benzene rings is 1. The Morgan fingerprint density at radius 1 is 1.18 bits per heavy atom. The lowest BCUT2D eigenvalue weighted by molar-refractivity contribution is -0.142. The smallest absolute Gasteiger partial charge is 0.433 e. The summed E-state index contributed by atoms with van der Waals surface area (Å²) in [6.07, 6.45) is -1.17. The highest BCUT2D eigenvalue weighted by atomic mass is 19.4. The van der Waals surface area contributed by atoms with Crippen LogP contribution in [0.15, 0.2) is 30.5 Å². The standard InChI is InChI=1S/C27H28F5N5O2/c1-15-18(25(35-36(15)3)26(38)8-4-9-26)7-10-39-24-19(5-6-20(28)23(24)29)16-11-21-17(13-33-2)14-34-37(21)22(12-16)27(30,31)32/h5-6,11-12,14,33,38H,4,7-10,13H2,1-3H3. The lowest BCUT2D eigenvalue weighted by atomic mass is 9.76. The molecular formula is C27H28F5N5O2. The molecule has 0 atom stereocenters. The van der Waals surface area contributed by atoms with E-state index in [0.717, 1.165) is 34.3 Å². The highest BCUT2D eigenvalue weighted by Gasteiger charge is 2.41. The largest absolute Gasteiger partial charge is 0.489 e. The number of aryl methyl sites for hydroxylation is 1.